The molecule has 2 unspecified atom stereocenters. The van der Waals surface area contributed by atoms with Gasteiger partial charge in [0.05, 0.1) is 26.8 Å². The van der Waals surface area contributed by atoms with Crippen LogP contribution in [-0.4, -0.2) is 65.5 Å². The number of hydrogen-bond acceptors (Lipinski definition) is 9. The van der Waals surface area contributed by atoms with Crippen molar-refractivity contribution in [3.05, 3.63) is 41.0 Å². The normalized spacial score (nSPS) is 24.0. The van der Waals surface area contributed by atoms with Gasteiger partial charge in [0.25, 0.3) is 0 Å². The monoisotopic (exact) mass is 730 g/mol. The third-order valence-electron chi connectivity index (χ3n) is 11.5. The molecule has 4 fully saturated rings. The highest BCUT2D eigenvalue weighted by Gasteiger charge is 2.49. The van der Waals surface area contributed by atoms with Gasteiger partial charge in [-0.15, -0.1) is 11.3 Å². The molecule has 1 saturated carbocycles. The van der Waals surface area contributed by atoms with E-state index in [1.54, 1.807) is 0 Å². The van der Waals surface area contributed by atoms with E-state index in [1.807, 2.05) is 11.0 Å². The number of halogens is 6. The van der Waals surface area contributed by atoms with Crippen molar-refractivity contribution in [1.29, 1.82) is 5.26 Å². The molecule has 51 heavy (non-hydrogen) atoms. The van der Waals surface area contributed by atoms with Crippen LogP contribution in [0.25, 0.3) is 32.1 Å². The van der Waals surface area contributed by atoms with Gasteiger partial charge in [-0.05, 0) is 94.1 Å². The molecule has 3 N–H and O–H groups in total. The minimum absolute atomic E-state index is 0.00571. The summed E-state index contributed by atoms with van der Waals surface area (Å²) < 4.78 is 104. The second kappa shape index (κ2) is 12.7. The predicted octanol–water partition coefficient (Wildman–Crippen LogP) is 7.91. The van der Waals surface area contributed by atoms with Gasteiger partial charge in [-0.3, -0.25) is 4.90 Å². The van der Waals surface area contributed by atoms with Crippen LogP contribution in [0.15, 0.2) is 18.2 Å². The number of hydrogen-bond donors (Lipinski definition) is 2. The van der Waals surface area contributed by atoms with Gasteiger partial charge in [0.1, 0.15) is 41.3 Å². The molecule has 3 saturated heterocycles. The molecule has 15 heteroatoms. The Morgan fingerprint density at radius 2 is 1.86 bits per heavy atom. The number of anilines is 1. The van der Waals surface area contributed by atoms with Crippen molar-refractivity contribution in [1.82, 2.24) is 20.2 Å². The van der Waals surface area contributed by atoms with Gasteiger partial charge in [-0.1, -0.05) is 6.07 Å². The predicted molar refractivity (Wildman–Crippen MR) is 180 cm³/mol. The highest BCUT2D eigenvalue weighted by molar-refractivity contribution is 7.23. The van der Waals surface area contributed by atoms with E-state index in [-0.39, 0.29) is 74.6 Å². The van der Waals surface area contributed by atoms with Crippen molar-refractivity contribution in [3.63, 3.8) is 0 Å². The molecule has 0 bridgehead atoms. The average molecular weight is 731 g/mol. The second-order valence-corrected chi connectivity index (χ2v) is 15.6. The van der Waals surface area contributed by atoms with E-state index in [2.05, 4.69) is 15.3 Å². The third kappa shape index (κ3) is 5.93. The Bertz CT molecular complexity index is 2050. The van der Waals surface area contributed by atoms with E-state index in [0.29, 0.717) is 37.1 Å². The Morgan fingerprint density at radius 1 is 1.10 bits per heavy atom. The lowest BCUT2D eigenvalue weighted by Gasteiger charge is -2.43. The number of aromatic nitrogens is 2. The van der Waals surface area contributed by atoms with Gasteiger partial charge in [0, 0.05) is 23.9 Å². The molecular formula is C36H36F6N6O2S. The van der Waals surface area contributed by atoms with E-state index in [1.165, 1.54) is 0 Å². The largest absolute Gasteiger partial charge is 0.474 e. The van der Waals surface area contributed by atoms with Crippen LogP contribution in [0.2, 0.25) is 0 Å². The van der Waals surface area contributed by atoms with Crippen molar-refractivity contribution in [3.8, 4) is 29.1 Å². The number of nitrogens with two attached hydrogens (primary N) is 1. The summed E-state index contributed by atoms with van der Waals surface area (Å²) in [5.74, 6) is -2.41. The summed E-state index contributed by atoms with van der Waals surface area (Å²) in [7, 11) is 0. The maximum absolute atomic E-state index is 17.0. The lowest BCUT2D eigenvalue weighted by Crippen LogP contribution is -2.43. The molecule has 5 heterocycles. The smallest absolute Gasteiger partial charge is 0.417 e. The number of nitrogens with zero attached hydrogens (tertiary/aromatic N) is 4. The summed E-state index contributed by atoms with van der Waals surface area (Å²) in [6, 6.07) is 4.22. The number of nitrogens with one attached hydrogen (secondary N) is 1. The molecule has 4 aliphatic rings. The molecule has 3 aliphatic heterocycles. The Hall–Kier alpha value is -3.87. The van der Waals surface area contributed by atoms with Gasteiger partial charge in [-0.2, -0.15) is 28.4 Å². The van der Waals surface area contributed by atoms with Crippen LogP contribution in [-0.2, 0) is 6.18 Å². The molecule has 4 aromatic rings. The number of thiophene rings is 1. The van der Waals surface area contributed by atoms with Gasteiger partial charge >= 0.3 is 12.2 Å². The van der Waals surface area contributed by atoms with Crippen molar-refractivity contribution in [2.45, 2.75) is 81.8 Å². The first-order chi connectivity index (χ1) is 24.4. The van der Waals surface area contributed by atoms with Crippen LogP contribution in [0.4, 0.5) is 31.3 Å². The zero-order valence-corrected chi connectivity index (χ0v) is 28.5. The average Bonchev–Trinajstić information content (AvgIpc) is 3.75. The Balaban J connectivity index is 1.26. The third-order valence-corrected chi connectivity index (χ3v) is 12.6. The first-order valence-corrected chi connectivity index (χ1v) is 18.1. The molecular weight excluding hydrogens is 694 g/mol. The van der Waals surface area contributed by atoms with E-state index in [9.17, 15) is 27.2 Å². The van der Waals surface area contributed by atoms with Crippen molar-refractivity contribution < 1.29 is 35.8 Å². The van der Waals surface area contributed by atoms with Crippen LogP contribution in [0.1, 0.15) is 68.9 Å². The number of nitriles is 1. The molecule has 270 valence electrons. The molecule has 8 nitrogen and oxygen atoms in total. The Kier molecular flexibility index (Phi) is 8.50. The van der Waals surface area contributed by atoms with E-state index in [4.69, 9.17) is 15.2 Å². The Morgan fingerprint density at radius 3 is 2.59 bits per heavy atom. The summed E-state index contributed by atoms with van der Waals surface area (Å²) in [4.78, 5) is 10.8. The fourth-order valence-electron chi connectivity index (χ4n) is 8.91. The number of rotatable bonds is 6. The van der Waals surface area contributed by atoms with Crippen molar-refractivity contribution in [2.24, 2.45) is 5.41 Å². The minimum atomic E-state index is -5.09. The highest BCUT2D eigenvalue weighted by atomic mass is 32.1. The van der Waals surface area contributed by atoms with Crippen LogP contribution < -0.4 is 20.5 Å². The Labute approximate surface area is 293 Å². The van der Waals surface area contributed by atoms with Gasteiger partial charge in [0.15, 0.2) is 5.82 Å². The lowest BCUT2D eigenvalue weighted by molar-refractivity contribution is -0.137. The maximum atomic E-state index is 17.0. The number of ether oxygens (including phenoxy) is 2. The quantitative estimate of drug-likeness (QED) is 0.193. The van der Waals surface area contributed by atoms with Crippen LogP contribution in [0.5, 0.6) is 11.9 Å². The number of benzene rings is 2. The molecule has 1 spiro atoms. The maximum Gasteiger partial charge on any atom is 0.417 e. The summed E-state index contributed by atoms with van der Waals surface area (Å²) in [6.45, 7) is 2.85. The number of alkyl halides is 4. The molecule has 2 atom stereocenters. The summed E-state index contributed by atoms with van der Waals surface area (Å²) in [6.07, 6.45) is 0.414. The first kappa shape index (κ1) is 34.2. The summed E-state index contributed by atoms with van der Waals surface area (Å²) in [5, 5.41) is 12.6. The van der Waals surface area contributed by atoms with Crippen molar-refractivity contribution in [2.75, 3.05) is 38.5 Å². The SMILES string of the molecule is N#Cc1c(N)sc2c(F)ccc(-c3c(C(F)(F)F)cc4c(OC5CCC6(CCNCC6)CC5)nc(OCC56CCCN5CC(F)C6)nc4c3F)c12. The molecule has 0 amide bonds. The van der Waals surface area contributed by atoms with Crippen LogP contribution >= 0.6 is 11.3 Å². The first-order valence-electron chi connectivity index (χ1n) is 17.3. The topological polar surface area (TPSA) is 109 Å². The molecule has 8 rings (SSSR count). The molecule has 0 radical (unpaired) electrons. The fraction of sp³-hybridized carbons (Fsp3) is 0.528. The highest BCUT2D eigenvalue weighted by Crippen LogP contribution is 2.49. The van der Waals surface area contributed by atoms with E-state index >= 15 is 4.39 Å². The van der Waals surface area contributed by atoms with Crippen LogP contribution in [0, 0.1) is 28.4 Å². The zero-order valence-electron chi connectivity index (χ0n) is 27.6. The van der Waals surface area contributed by atoms with E-state index in [0.717, 1.165) is 63.4 Å². The molecule has 1 aliphatic carbocycles. The van der Waals surface area contributed by atoms with E-state index < -0.39 is 46.2 Å². The zero-order chi connectivity index (χ0) is 35.7. The molecule has 2 aromatic carbocycles. The number of nitrogen functional groups attached to an aromatic ring is 1. The van der Waals surface area contributed by atoms with Crippen LogP contribution in [0.3, 0.4) is 0 Å². The van der Waals surface area contributed by atoms with Gasteiger partial charge < -0.3 is 20.5 Å². The minimum Gasteiger partial charge on any atom is -0.474 e. The summed E-state index contributed by atoms with van der Waals surface area (Å²) in [5.41, 5.74) is 2.19. The van der Waals surface area contributed by atoms with Gasteiger partial charge in [0.2, 0.25) is 5.88 Å². The standard InChI is InChI=1S/C36H36F6N6O2S/c37-19-15-35(6-1-13-48(35)17-19)18-49-33-46-29-22(32(47-33)50-20-4-7-34(8-5-20)9-11-45-12-10-34)14-24(36(40,41)42)27(28(29)39)21-2-3-25(38)30-26(21)23(16-43)31(44)51-30/h2-3,14,19-20,45H,1,4-13,15,17-18,44H2. The second-order valence-electron chi connectivity index (χ2n) is 14.5. The lowest BCUT2D eigenvalue weighted by atomic mass is 9.68. The number of piperidine rings is 1. The van der Waals surface area contributed by atoms with Crippen molar-refractivity contribution >= 4 is 37.3 Å². The van der Waals surface area contributed by atoms with Gasteiger partial charge in [-0.25, -0.2) is 13.2 Å². The molecule has 2 aromatic heterocycles. The fourth-order valence-corrected chi connectivity index (χ4v) is 9.86. The summed E-state index contributed by atoms with van der Waals surface area (Å²) >= 11 is 0.696. The number of fused-ring (bicyclic) bond motifs is 3.